The Bertz CT molecular complexity index is 833. The molecule has 0 radical (unpaired) electrons. The minimum atomic E-state index is -0.422. The molecule has 2 aromatic heterocycles. The van der Waals surface area contributed by atoms with Crippen LogP contribution in [-0.2, 0) is 0 Å². The summed E-state index contributed by atoms with van der Waals surface area (Å²) in [5.41, 5.74) is 1.79. The van der Waals surface area contributed by atoms with Crippen LogP contribution < -0.4 is 10.3 Å². The summed E-state index contributed by atoms with van der Waals surface area (Å²) in [7, 11) is 0. The second-order valence-corrected chi connectivity index (χ2v) is 4.38. The van der Waals surface area contributed by atoms with Crippen molar-refractivity contribution in [1.82, 2.24) is 15.0 Å². The van der Waals surface area contributed by atoms with Crippen LogP contribution in [0.3, 0.4) is 0 Å². The number of rotatable bonds is 3. The Morgan fingerprint density at radius 3 is 2.45 bits per heavy atom. The van der Waals surface area contributed by atoms with Crippen LogP contribution in [0.15, 0.2) is 41.2 Å². The molecular weight excluding hydrogens is 254 g/mol. The van der Waals surface area contributed by atoms with Gasteiger partial charge in [0.25, 0.3) is 0 Å². The van der Waals surface area contributed by atoms with E-state index in [1.54, 1.807) is 12.1 Å². The molecule has 0 N–H and O–H groups in total. The minimum absolute atomic E-state index is 0.259. The molecule has 0 saturated heterocycles. The maximum atomic E-state index is 12.1. The van der Waals surface area contributed by atoms with Gasteiger partial charge < -0.3 is 4.74 Å². The first kappa shape index (κ1) is 12.5. The van der Waals surface area contributed by atoms with Gasteiger partial charge in [-0.2, -0.15) is 4.98 Å². The van der Waals surface area contributed by atoms with Gasteiger partial charge in [-0.25, -0.2) is 9.97 Å². The lowest BCUT2D eigenvalue weighted by molar-refractivity contribution is 0.305. The zero-order valence-corrected chi connectivity index (χ0v) is 11.0. The Hall–Kier alpha value is -2.56. The van der Waals surface area contributed by atoms with Crippen molar-refractivity contribution in [2.75, 3.05) is 6.61 Å². The van der Waals surface area contributed by atoms with Crippen molar-refractivity contribution in [3.05, 3.63) is 46.8 Å². The van der Waals surface area contributed by atoms with Gasteiger partial charge in [0.05, 0.1) is 23.2 Å². The number of ether oxygens (including phenoxy) is 1. The molecule has 0 fully saturated rings. The van der Waals surface area contributed by atoms with E-state index in [1.165, 1.54) is 0 Å². The van der Waals surface area contributed by atoms with Crippen molar-refractivity contribution in [3.8, 4) is 5.88 Å². The van der Waals surface area contributed by atoms with Crippen LogP contribution in [0.1, 0.15) is 13.3 Å². The first-order valence-electron chi connectivity index (χ1n) is 6.48. The van der Waals surface area contributed by atoms with Gasteiger partial charge in [0, 0.05) is 6.07 Å². The Morgan fingerprint density at radius 2 is 1.70 bits per heavy atom. The summed E-state index contributed by atoms with van der Waals surface area (Å²) in [4.78, 5) is 24.8. The lowest BCUT2D eigenvalue weighted by Gasteiger charge is -1.98. The van der Waals surface area contributed by atoms with Crippen molar-refractivity contribution < 1.29 is 4.74 Å². The molecule has 0 atom stereocenters. The fourth-order valence-corrected chi connectivity index (χ4v) is 1.91. The zero-order valence-electron chi connectivity index (χ0n) is 11.0. The van der Waals surface area contributed by atoms with E-state index in [0.29, 0.717) is 23.5 Å². The molecule has 5 heteroatoms. The Kier molecular flexibility index (Phi) is 3.25. The highest BCUT2D eigenvalue weighted by atomic mass is 16.5. The molecule has 0 aliphatic carbocycles. The number of benzene rings is 1. The smallest absolute Gasteiger partial charge is 0.301 e. The number of hydrogen-bond acceptors (Lipinski definition) is 5. The lowest BCUT2D eigenvalue weighted by Crippen LogP contribution is -2.07. The van der Waals surface area contributed by atoms with Gasteiger partial charge in [-0.05, 0) is 24.6 Å². The van der Waals surface area contributed by atoms with Crippen LogP contribution in [0.2, 0.25) is 0 Å². The molecule has 0 aliphatic rings. The third-order valence-corrected chi connectivity index (χ3v) is 2.85. The molecule has 0 unspecified atom stereocenters. The predicted octanol–water partition coefficient (Wildman–Crippen LogP) is 2.33. The van der Waals surface area contributed by atoms with Crippen molar-refractivity contribution in [3.63, 3.8) is 0 Å². The summed E-state index contributed by atoms with van der Waals surface area (Å²) in [6.07, 6.45) is 0.856. The molecule has 0 amide bonds. The van der Waals surface area contributed by atoms with Gasteiger partial charge in [-0.15, -0.1) is 0 Å². The quantitative estimate of drug-likeness (QED) is 0.728. The molecule has 0 aliphatic heterocycles. The van der Waals surface area contributed by atoms with Gasteiger partial charge >= 0.3 is 5.56 Å². The number of hydrogen-bond donors (Lipinski definition) is 0. The molecule has 0 spiro atoms. The maximum absolute atomic E-state index is 12.1. The molecule has 0 bridgehead atoms. The summed E-state index contributed by atoms with van der Waals surface area (Å²) >= 11 is 0. The number of fused-ring (bicyclic) bond motifs is 2. The summed E-state index contributed by atoms with van der Waals surface area (Å²) in [5, 5.41) is 0. The largest absolute Gasteiger partial charge is 0.478 e. The number of para-hydroxylation sites is 2. The van der Waals surface area contributed by atoms with Crippen LogP contribution in [0.5, 0.6) is 5.88 Å². The topological polar surface area (TPSA) is 65.0 Å². The van der Waals surface area contributed by atoms with Crippen molar-refractivity contribution >= 4 is 22.1 Å². The standard InChI is InChI=1S/C15H13N3O2/c1-2-9-20-13-8-7-12-14(15(19)18-13)17-11-6-4-3-5-10(11)16-12/h3-8H,2,9H2,1H3. The fourth-order valence-electron chi connectivity index (χ4n) is 1.91. The van der Waals surface area contributed by atoms with Gasteiger partial charge in [0.15, 0.2) is 5.52 Å². The van der Waals surface area contributed by atoms with E-state index in [4.69, 9.17) is 4.74 Å². The first-order chi connectivity index (χ1) is 9.78. The number of aromatic nitrogens is 3. The van der Waals surface area contributed by atoms with Gasteiger partial charge in [0.1, 0.15) is 0 Å². The molecular formula is C15H13N3O2. The fraction of sp³-hybridized carbons (Fsp3) is 0.200. The van der Waals surface area contributed by atoms with Crippen molar-refractivity contribution in [2.45, 2.75) is 13.3 Å². The third-order valence-electron chi connectivity index (χ3n) is 2.85. The molecule has 2 heterocycles. The van der Waals surface area contributed by atoms with Crippen molar-refractivity contribution in [2.24, 2.45) is 0 Å². The van der Waals surface area contributed by atoms with E-state index in [0.717, 1.165) is 11.9 Å². The molecule has 3 aromatic rings. The molecule has 100 valence electrons. The highest BCUT2D eigenvalue weighted by molar-refractivity contribution is 5.85. The van der Waals surface area contributed by atoms with E-state index in [9.17, 15) is 4.79 Å². The average molecular weight is 267 g/mol. The van der Waals surface area contributed by atoms with Crippen LogP contribution >= 0.6 is 0 Å². The van der Waals surface area contributed by atoms with Crippen LogP contribution in [0.4, 0.5) is 0 Å². The lowest BCUT2D eigenvalue weighted by atomic mass is 10.3. The van der Waals surface area contributed by atoms with E-state index in [-0.39, 0.29) is 5.52 Å². The second-order valence-electron chi connectivity index (χ2n) is 4.38. The predicted molar refractivity (Wildman–Crippen MR) is 76.9 cm³/mol. The number of nitrogens with zero attached hydrogens (tertiary/aromatic N) is 3. The highest BCUT2D eigenvalue weighted by Crippen LogP contribution is 2.13. The molecule has 20 heavy (non-hydrogen) atoms. The molecule has 1 aromatic carbocycles. The van der Waals surface area contributed by atoms with Gasteiger partial charge in [0.2, 0.25) is 5.88 Å². The van der Waals surface area contributed by atoms with Crippen LogP contribution in [0.25, 0.3) is 22.1 Å². The van der Waals surface area contributed by atoms with Crippen LogP contribution in [-0.4, -0.2) is 21.6 Å². The molecule has 3 rings (SSSR count). The average Bonchev–Trinajstić information content (AvgIpc) is 2.62. The zero-order chi connectivity index (χ0) is 13.9. The SMILES string of the molecule is CCCOc1ccc2nc3ccccc3nc2c(=O)n1. The van der Waals surface area contributed by atoms with E-state index < -0.39 is 5.56 Å². The third kappa shape index (κ3) is 2.30. The van der Waals surface area contributed by atoms with Gasteiger partial charge in [-0.1, -0.05) is 19.1 Å². The molecule has 5 nitrogen and oxygen atoms in total. The van der Waals surface area contributed by atoms with E-state index in [1.807, 2.05) is 31.2 Å². The Labute approximate surface area is 115 Å². The summed E-state index contributed by atoms with van der Waals surface area (Å²) in [5.74, 6) is 0.306. The normalized spacial score (nSPS) is 10.8. The highest BCUT2D eigenvalue weighted by Gasteiger charge is 2.05. The summed E-state index contributed by atoms with van der Waals surface area (Å²) < 4.78 is 5.40. The Morgan fingerprint density at radius 1 is 0.950 bits per heavy atom. The Balaban J connectivity index is 2.26. The second kappa shape index (κ2) is 5.21. The van der Waals surface area contributed by atoms with E-state index in [2.05, 4.69) is 15.0 Å². The van der Waals surface area contributed by atoms with E-state index >= 15 is 0 Å². The summed E-state index contributed by atoms with van der Waals surface area (Å²) in [6.45, 7) is 2.52. The maximum Gasteiger partial charge on any atom is 0.301 e. The van der Waals surface area contributed by atoms with Crippen LogP contribution in [0, 0.1) is 0 Å². The van der Waals surface area contributed by atoms with Crippen molar-refractivity contribution in [1.29, 1.82) is 0 Å². The monoisotopic (exact) mass is 267 g/mol. The minimum Gasteiger partial charge on any atom is -0.478 e. The first-order valence-corrected chi connectivity index (χ1v) is 6.48. The summed E-state index contributed by atoms with van der Waals surface area (Å²) in [6, 6.07) is 10.8. The van der Waals surface area contributed by atoms with Gasteiger partial charge in [-0.3, -0.25) is 4.79 Å². The molecule has 0 saturated carbocycles.